The standard InChI is InChI=1S/C24H26N2O5/c27-20(25-12-9-17(10-13-25)24-30-14-15-31-24)8-3-11-26-22(28)18-6-1-4-16-5-2-7-19(21(16)18)23(26)29/h1-2,4-7,17,24H,3,8-15H2. The summed E-state index contributed by atoms with van der Waals surface area (Å²) >= 11 is 0. The Kier molecular flexibility index (Phi) is 5.46. The molecular formula is C24H26N2O5. The molecule has 0 atom stereocenters. The second kappa shape index (κ2) is 8.40. The molecule has 3 aliphatic heterocycles. The largest absolute Gasteiger partial charge is 0.350 e. The molecule has 0 aliphatic carbocycles. The molecule has 162 valence electrons. The zero-order valence-electron chi connectivity index (χ0n) is 17.4. The first kappa shape index (κ1) is 20.2. The minimum atomic E-state index is -0.279. The third-order valence-electron chi connectivity index (χ3n) is 6.55. The summed E-state index contributed by atoms with van der Waals surface area (Å²) in [7, 11) is 0. The maximum Gasteiger partial charge on any atom is 0.261 e. The molecule has 5 rings (SSSR count). The Morgan fingerprint density at radius 1 is 0.935 bits per heavy atom. The van der Waals surface area contributed by atoms with Crippen LogP contribution in [-0.2, 0) is 14.3 Å². The maximum absolute atomic E-state index is 12.9. The van der Waals surface area contributed by atoms with Gasteiger partial charge in [0.15, 0.2) is 6.29 Å². The third-order valence-corrected chi connectivity index (χ3v) is 6.55. The first-order valence-electron chi connectivity index (χ1n) is 11.0. The van der Waals surface area contributed by atoms with Crippen LogP contribution in [-0.4, -0.2) is 66.7 Å². The molecule has 0 N–H and O–H groups in total. The summed E-state index contributed by atoms with van der Waals surface area (Å²) < 4.78 is 11.2. The predicted molar refractivity (Wildman–Crippen MR) is 114 cm³/mol. The van der Waals surface area contributed by atoms with Gasteiger partial charge in [-0.05, 0) is 36.8 Å². The van der Waals surface area contributed by atoms with Gasteiger partial charge in [0.25, 0.3) is 11.8 Å². The van der Waals surface area contributed by atoms with Crippen LogP contribution in [0.2, 0.25) is 0 Å². The molecule has 31 heavy (non-hydrogen) atoms. The molecule has 3 heterocycles. The van der Waals surface area contributed by atoms with Crippen molar-refractivity contribution in [2.45, 2.75) is 32.0 Å². The molecule has 2 aromatic carbocycles. The molecule has 2 fully saturated rings. The fraction of sp³-hybridized carbons (Fsp3) is 0.458. The smallest absolute Gasteiger partial charge is 0.261 e. The summed E-state index contributed by atoms with van der Waals surface area (Å²) in [5.74, 6) is -0.137. The number of likely N-dealkylation sites (tertiary alicyclic amines) is 1. The van der Waals surface area contributed by atoms with Crippen LogP contribution in [0.15, 0.2) is 36.4 Å². The van der Waals surface area contributed by atoms with Crippen LogP contribution in [0.1, 0.15) is 46.4 Å². The fourth-order valence-electron chi connectivity index (χ4n) is 4.90. The topological polar surface area (TPSA) is 76.2 Å². The highest BCUT2D eigenvalue weighted by molar-refractivity contribution is 6.25. The SMILES string of the molecule is O=C(CCCN1C(=O)c2cccc3cccc(c23)C1=O)N1CCC(C2OCCO2)CC1. The molecule has 2 saturated heterocycles. The molecule has 2 aromatic rings. The van der Waals surface area contributed by atoms with Gasteiger partial charge in [-0.3, -0.25) is 19.3 Å². The van der Waals surface area contributed by atoms with Crippen molar-refractivity contribution in [3.63, 3.8) is 0 Å². The van der Waals surface area contributed by atoms with E-state index >= 15 is 0 Å². The quantitative estimate of drug-likeness (QED) is 0.693. The van der Waals surface area contributed by atoms with E-state index < -0.39 is 0 Å². The molecule has 0 unspecified atom stereocenters. The Balaban J connectivity index is 1.17. The number of rotatable bonds is 5. The van der Waals surface area contributed by atoms with Crippen molar-refractivity contribution in [2.75, 3.05) is 32.8 Å². The lowest BCUT2D eigenvalue weighted by molar-refractivity contribution is -0.137. The van der Waals surface area contributed by atoms with E-state index in [1.54, 1.807) is 12.1 Å². The highest BCUT2D eigenvalue weighted by atomic mass is 16.7. The van der Waals surface area contributed by atoms with Gasteiger partial charge in [0, 0.05) is 48.5 Å². The number of ether oxygens (including phenoxy) is 2. The van der Waals surface area contributed by atoms with Gasteiger partial charge in [0.1, 0.15) is 0 Å². The zero-order valence-corrected chi connectivity index (χ0v) is 17.4. The van der Waals surface area contributed by atoms with Gasteiger partial charge in [-0.2, -0.15) is 0 Å². The van der Waals surface area contributed by atoms with E-state index in [9.17, 15) is 14.4 Å². The Morgan fingerprint density at radius 3 is 2.16 bits per heavy atom. The van der Waals surface area contributed by atoms with Crippen molar-refractivity contribution in [1.82, 2.24) is 9.80 Å². The van der Waals surface area contributed by atoms with E-state index in [0.29, 0.717) is 56.2 Å². The number of amides is 3. The number of imide groups is 1. The number of piperidine rings is 1. The van der Waals surface area contributed by atoms with Gasteiger partial charge in [-0.1, -0.05) is 24.3 Å². The van der Waals surface area contributed by atoms with Gasteiger partial charge >= 0.3 is 0 Å². The molecule has 0 saturated carbocycles. The van der Waals surface area contributed by atoms with Crippen LogP contribution in [0.25, 0.3) is 10.8 Å². The highest BCUT2D eigenvalue weighted by Crippen LogP contribution is 2.30. The van der Waals surface area contributed by atoms with E-state index in [-0.39, 0.29) is 30.6 Å². The van der Waals surface area contributed by atoms with Crippen LogP contribution in [0.4, 0.5) is 0 Å². The Hall–Kier alpha value is -2.77. The molecular weight excluding hydrogens is 396 g/mol. The number of nitrogens with zero attached hydrogens (tertiary/aromatic N) is 2. The Morgan fingerprint density at radius 2 is 1.55 bits per heavy atom. The van der Waals surface area contributed by atoms with Crippen LogP contribution in [0, 0.1) is 5.92 Å². The first-order valence-corrected chi connectivity index (χ1v) is 11.0. The van der Waals surface area contributed by atoms with Gasteiger partial charge in [-0.25, -0.2) is 0 Å². The Labute approximate surface area is 180 Å². The first-order chi connectivity index (χ1) is 15.1. The average molecular weight is 422 g/mol. The van der Waals surface area contributed by atoms with Crippen LogP contribution < -0.4 is 0 Å². The van der Waals surface area contributed by atoms with E-state index in [1.165, 1.54) is 4.90 Å². The van der Waals surface area contributed by atoms with Gasteiger partial charge < -0.3 is 14.4 Å². The van der Waals surface area contributed by atoms with Crippen molar-refractivity contribution >= 4 is 28.5 Å². The summed E-state index contributed by atoms with van der Waals surface area (Å²) in [5.41, 5.74) is 1.11. The maximum atomic E-state index is 12.9. The number of carbonyl (C=O) groups excluding carboxylic acids is 3. The number of benzene rings is 2. The van der Waals surface area contributed by atoms with Crippen molar-refractivity contribution in [1.29, 1.82) is 0 Å². The predicted octanol–water partition coefficient (Wildman–Crippen LogP) is 2.83. The molecule has 7 heteroatoms. The van der Waals surface area contributed by atoms with E-state index in [0.717, 1.165) is 23.6 Å². The summed E-state index contributed by atoms with van der Waals surface area (Å²) in [6.45, 7) is 2.94. The van der Waals surface area contributed by atoms with Gasteiger partial charge in [0.2, 0.25) is 5.91 Å². The lowest BCUT2D eigenvalue weighted by atomic mass is 9.94. The summed E-state index contributed by atoms with van der Waals surface area (Å²) in [6, 6.07) is 11.0. The van der Waals surface area contributed by atoms with Crippen molar-refractivity contribution in [2.24, 2.45) is 5.92 Å². The molecule has 3 aliphatic rings. The van der Waals surface area contributed by atoms with Crippen LogP contribution >= 0.6 is 0 Å². The Bertz CT molecular complexity index is 971. The van der Waals surface area contributed by atoms with Crippen molar-refractivity contribution in [3.8, 4) is 0 Å². The summed E-state index contributed by atoms with van der Waals surface area (Å²) in [6.07, 6.45) is 2.41. The number of hydrogen-bond acceptors (Lipinski definition) is 5. The van der Waals surface area contributed by atoms with E-state index in [4.69, 9.17) is 9.47 Å². The molecule has 7 nitrogen and oxygen atoms in total. The molecule has 0 radical (unpaired) electrons. The van der Waals surface area contributed by atoms with Crippen LogP contribution in [0.3, 0.4) is 0 Å². The normalized spacial score (nSPS) is 20.1. The van der Waals surface area contributed by atoms with E-state index in [1.807, 2.05) is 29.2 Å². The second-order valence-corrected chi connectivity index (χ2v) is 8.40. The molecule has 0 bridgehead atoms. The average Bonchev–Trinajstić information content (AvgIpc) is 3.34. The minimum Gasteiger partial charge on any atom is -0.350 e. The summed E-state index contributed by atoms with van der Waals surface area (Å²) in [5, 5.41) is 1.62. The van der Waals surface area contributed by atoms with E-state index in [2.05, 4.69) is 0 Å². The van der Waals surface area contributed by atoms with Crippen LogP contribution in [0.5, 0.6) is 0 Å². The second-order valence-electron chi connectivity index (χ2n) is 8.40. The molecule has 3 amide bonds. The molecule has 0 spiro atoms. The third kappa shape index (κ3) is 3.72. The van der Waals surface area contributed by atoms with Crippen molar-refractivity contribution < 1.29 is 23.9 Å². The number of carbonyl (C=O) groups is 3. The fourth-order valence-corrected chi connectivity index (χ4v) is 4.90. The minimum absolute atomic E-state index is 0.0751. The summed E-state index contributed by atoms with van der Waals surface area (Å²) in [4.78, 5) is 41.7. The number of hydrogen-bond donors (Lipinski definition) is 0. The van der Waals surface area contributed by atoms with Gasteiger partial charge in [-0.15, -0.1) is 0 Å². The lowest BCUT2D eigenvalue weighted by Crippen LogP contribution is -2.43. The van der Waals surface area contributed by atoms with Crippen molar-refractivity contribution in [3.05, 3.63) is 47.5 Å². The zero-order chi connectivity index (χ0) is 21.4. The van der Waals surface area contributed by atoms with Gasteiger partial charge in [0.05, 0.1) is 13.2 Å². The monoisotopic (exact) mass is 422 g/mol. The highest BCUT2D eigenvalue weighted by Gasteiger charge is 2.33. The lowest BCUT2D eigenvalue weighted by Gasteiger charge is -2.34. The molecule has 0 aromatic heterocycles.